The molecule has 0 saturated heterocycles. The van der Waals surface area contributed by atoms with E-state index in [1.807, 2.05) is 48.5 Å². The molecular weight excluding hydrogens is 324 g/mol. The largest absolute Gasteiger partial charge is 0.342 e. The fourth-order valence-electron chi connectivity index (χ4n) is 2.90. The summed E-state index contributed by atoms with van der Waals surface area (Å²) in [6.07, 6.45) is 1.76. The predicted molar refractivity (Wildman–Crippen MR) is 104 cm³/mol. The lowest BCUT2D eigenvalue weighted by Crippen LogP contribution is -2.32. The third-order valence-electron chi connectivity index (χ3n) is 4.37. The molecule has 0 aliphatic carbocycles. The molecule has 1 heterocycles. The first kappa shape index (κ1) is 17.7. The molecule has 1 amide bonds. The van der Waals surface area contributed by atoms with Gasteiger partial charge in [0, 0.05) is 19.3 Å². The monoisotopic (exact) mass is 346 g/mol. The fraction of sp³-hybridized carbons (Fsp3) is 0.182. The summed E-state index contributed by atoms with van der Waals surface area (Å²) in [5.41, 5.74) is 2.69. The minimum Gasteiger partial charge on any atom is -0.342 e. The van der Waals surface area contributed by atoms with E-state index in [1.165, 1.54) is 5.56 Å². The molecule has 0 spiro atoms. The van der Waals surface area contributed by atoms with Gasteiger partial charge in [-0.15, -0.1) is 0 Å². The van der Waals surface area contributed by atoms with Crippen molar-refractivity contribution in [3.63, 3.8) is 0 Å². The number of aromatic amines is 1. The summed E-state index contributed by atoms with van der Waals surface area (Å²) >= 11 is 0. The molecule has 26 heavy (non-hydrogen) atoms. The molecule has 0 bridgehead atoms. The Morgan fingerprint density at radius 3 is 2.23 bits per heavy atom. The number of carbonyl (C=O) groups is 1. The SMILES string of the molecule is CN(CCCc1ccccc1)C(=O)c1ccc(-c2ccccc2)[nH]c1=O. The van der Waals surface area contributed by atoms with Crippen LogP contribution in [0, 0.1) is 0 Å². The van der Waals surface area contributed by atoms with E-state index >= 15 is 0 Å². The normalized spacial score (nSPS) is 10.5. The van der Waals surface area contributed by atoms with Crippen molar-refractivity contribution in [2.75, 3.05) is 13.6 Å². The predicted octanol–water partition coefficient (Wildman–Crippen LogP) is 3.75. The number of hydrogen-bond donors (Lipinski definition) is 1. The second kappa shape index (κ2) is 8.30. The van der Waals surface area contributed by atoms with E-state index < -0.39 is 0 Å². The molecule has 0 aliphatic rings. The van der Waals surface area contributed by atoms with Gasteiger partial charge >= 0.3 is 0 Å². The molecule has 2 aromatic carbocycles. The highest BCUT2D eigenvalue weighted by Crippen LogP contribution is 2.15. The van der Waals surface area contributed by atoms with Crippen molar-refractivity contribution >= 4 is 5.91 Å². The van der Waals surface area contributed by atoms with E-state index in [4.69, 9.17) is 0 Å². The van der Waals surface area contributed by atoms with E-state index in [0.717, 1.165) is 18.4 Å². The molecule has 4 heteroatoms. The molecule has 132 valence electrons. The Balaban J connectivity index is 1.64. The molecule has 0 aliphatic heterocycles. The van der Waals surface area contributed by atoms with Gasteiger partial charge in [-0.25, -0.2) is 0 Å². The van der Waals surface area contributed by atoms with Crippen LogP contribution in [0.5, 0.6) is 0 Å². The molecule has 3 rings (SSSR count). The summed E-state index contributed by atoms with van der Waals surface area (Å²) in [5.74, 6) is -0.251. The Labute approximate surface area is 153 Å². The van der Waals surface area contributed by atoms with Crippen molar-refractivity contribution < 1.29 is 4.79 Å². The smallest absolute Gasteiger partial charge is 0.261 e. The maximum absolute atomic E-state index is 12.6. The van der Waals surface area contributed by atoms with Crippen molar-refractivity contribution in [3.05, 3.63) is 94.3 Å². The average molecular weight is 346 g/mol. The van der Waals surface area contributed by atoms with Crippen LogP contribution in [0.2, 0.25) is 0 Å². The zero-order valence-electron chi connectivity index (χ0n) is 14.8. The Bertz CT molecular complexity index is 918. The zero-order valence-corrected chi connectivity index (χ0v) is 14.8. The maximum Gasteiger partial charge on any atom is 0.261 e. The molecule has 0 saturated carbocycles. The van der Waals surface area contributed by atoms with Gasteiger partial charge in [-0.05, 0) is 36.1 Å². The van der Waals surface area contributed by atoms with Crippen LogP contribution in [0.4, 0.5) is 0 Å². The van der Waals surface area contributed by atoms with Crippen molar-refractivity contribution in [3.8, 4) is 11.3 Å². The highest BCUT2D eigenvalue weighted by molar-refractivity contribution is 5.93. The third kappa shape index (κ3) is 4.28. The van der Waals surface area contributed by atoms with Gasteiger partial charge in [0.15, 0.2) is 0 Å². The van der Waals surface area contributed by atoms with Gasteiger partial charge in [0.25, 0.3) is 11.5 Å². The van der Waals surface area contributed by atoms with Crippen LogP contribution in [-0.4, -0.2) is 29.4 Å². The van der Waals surface area contributed by atoms with E-state index in [9.17, 15) is 9.59 Å². The number of amides is 1. The van der Waals surface area contributed by atoms with E-state index in [2.05, 4.69) is 17.1 Å². The number of aryl methyl sites for hydroxylation is 1. The first-order chi connectivity index (χ1) is 12.6. The number of carbonyl (C=O) groups excluding carboxylic acids is 1. The van der Waals surface area contributed by atoms with Gasteiger partial charge in [0.2, 0.25) is 0 Å². The number of pyridine rings is 1. The van der Waals surface area contributed by atoms with E-state index in [-0.39, 0.29) is 17.0 Å². The number of H-pyrrole nitrogens is 1. The first-order valence-electron chi connectivity index (χ1n) is 8.73. The van der Waals surface area contributed by atoms with Crippen LogP contribution >= 0.6 is 0 Å². The first-order valence-corrected chi connectivity index (χ1v) is 8.73. The van der Waals surface area contributed by atoms with E-state index in [1.54, 1.807) is 24.1 Å². The lowest BCUT2D eigenvalue weighted by Gasteiger charge is -2.17. The van der Waals surface area contributed by atoms with Crippen LogP contribution in [0.3, 0.4) is 0 Å². The minimum absolute atomic E-state index is 0.173. The number of nitrogens with one attached hydrogen (secondary N) is 1. The van der Waals surface area contributed by atoms with Crippen molar-refractivity contribution in [1.82, 2.24) is 9.88 Å². The summed E-state index contributed by atoms with van der Waals surface area (Å²) < 4.78 is 0. The Morgan fingerprint density at radius 2 is 1.58 bits per heavy atom. The van der Waals surface area contributed by atoms with Gasteiger partial charge < -0.3 is 9.88 Å². The third-order valence-corrected chi connectivity index (χ3v) is 4.37. The van der Waals surface area contributed by atoms with Gasteiger partial charge in [0.05, 0.1) is 0 Å². The van der Waals surface area contributed by atoms with Crippen LogP contribution < -0.4 is 5.56 Å². The Kier molecular flexibility index (Phi) is 5.64. The summed E-state index contributed by atoms with van der Waals surface area (Å²) in [6, 6.07) is 23.1. The van der Waals surface area contributed by atoms with Crippen molar-refractivity contribution in [2.24, 2.45) is 0 Å². The summed E-state index contributed by atoms with van der Waals surface area (Å²) in [5, 5.41) is 0. The molecule has 0 fully saturated rings. The van der Waals surface area contributed by atoms with Gasteiger partial charge in [-0.1, -0.05) is 60.7 Å². The molecule has 3 aromatic rings. The molecule has 0 unspecified atom stereocenters. The number of aromatic nitrogens is 1. The lowest BCUT2D eigenvalue weighted by atomic mass is 10.1. The maximum atomic E-state index is 12.6. The van der Waals surface area contributed by atoms with Crippen LogP contribution in [0.1, 0.15) is 22.3 Å². The summed E-state index contributed by atoms with van der Waals surface area (Å²) in [7, 11) is 1.73. The number of benzene rings is 2. The second-order valence-electron chi connectivity index (χ2n) is 6.30. The van der Waals surface area contributed by atoms with Gasteiger partial charge in [-0.2, -0.15) is 0 Å². The summed E-state index contributed by atoms with van der Waals surface area (Å²) in [4.78, 5) is 29.3. The standard InChI is InChI=1S/C22H22N2O2/c1-24(16-8-11-17-9-4-2-5-10-17)22(26)19-14-15-20(23-21(19)25)18-12-6-3-7-13-18/h2-7,9-10,12-15H,8,11,16H2,1H3,(H,23,25). The van der Waals surface area contributed by atoms with Crippen LogP contribution in [-0.2, 0) is 6.42 Å². The summed E-state index contributed by atoms with van der Waals surface area (Å²) in [6.45, 7) is 0.605. The van der Waals surface area contributed by atoms with E-state index in [0.29, 0.717) is 12.2 Å². The molecule has 1 aromatic heterocycles. The number of nitrogens with zero attached hydrogens (tertiary/aromatic N) is 1. The van der Waals surface area contributed by atoms with Crippen LogP contribution in [0.25, 0.3) is 11.3 Å². The highest BCUT2D eigenvalue weighted by Gasteiger charge is 2.15. The van der Waals surface area contributed by atoms with Crippen molar-refractivity contribution in [2.45, 2.75) is 12.8 Å². The average Bonchev–Trinajstić information content (AvgIpc) is 2.69. The molecular formula is C22H22N2O2. The Hall–Kier alpha value is -3.14. The topological polar surface area (TPSA) is 53.2 Å². The van der Waals surface area contributed by atoms with Gasteiger partial charge in [-0.3, -0.25) is 9.59 Å². The van der Waals surface area contributed by atoms with Gasteiger partial charge in [0.1, 0.15) is 5.56 Å². The fourth-order valence-corrected chi connectivity index (χ4v) is 2.90. The lowest BCUT2D eigenvalue weighted by molar-refractivity contribution is 0.0792. The molecule has 1 N–H and O–H groups in total. The number of rotatable bonds is 6. The molecule has 0 atom stereocenters. The van der Waals surface area contributed by atoms with Crippen molar-refractivity contribution in [1.29, 1.82) is 0 Å². The minimum atomic E-state index is -0.355. The zero-order chi connectivity index (χ0) is 18.4. The van der Waals surface area contributed by atoms with Crippen LogP contribution in [0.15, 0.2) is 77.6 Å². The molecule has 4 nitrogen and oxygen atoms in total. The highest BCUT2D eigenvalue weighted by atomic mass is 16.2. The number of hydrogen-bond acceptors (Lipinski definition) is 2. The molecule has 0 radical (unpaired) electrons. The quantitative estimate of drug-likeness (QED) is 0.739. The Morgan fingerprint density at radius 1 is 0.923 bits per heavy atom. The second-order valence-corrected chi connectivity index (χ2v) is 6.30.